The molecule has 2 N–H and O–H groups in total. The maximum atomic E-state index is 6.02. The number of rotatable bonds is 5. The number of nitrogens with two attached hydrogens (primary N) is 1. The van der Waals surface area contributed by atoms with Crippen molar-refractivity contribution in [2.75, 3.05) is 25.4 Å². The Morgan fingerprint density at radius 3 is 2.63 bits per heavy atom. The summed E-state index contributed by atoms with van der Waals surface area (Å²) in [6, 6.07) is 6.79. The highest BCUT2D eigenvalue weighted by Gasteiger charge is 2.17. The number of ether oxygens (including phenoxy) is 1. The van der Waals surface area contributed by atoms with Crippen LogP contribution in [0.15, 0.2) is 18.2 Å². The standard InChI is InChI=1S/C16H26N2O/c1-3-19-16-8-7-14(12-15(16)17)11-13(2)18-9-5-4-6-10-18/h7-8,12-13H,3-6,9-11,17H2,1-2H3. The van der Waals surface area contributed by atoms with Crippen LogP contribution in [-0.4, -0.2) is 30.6 Å². The van der Waals surface area contributed by atoms with Crippen LogP contribution in [0.25, 0.3) is 0 Å². The molecule has 19 heavy (non-hydrogen) atoms. The predicted molar refractivity (Wildman–Crippen MR) is 80.6 cm³/mol. The van der Waals surface area contributed by atoms with Crippen LogP contribution in [-0.2, 0) is 6.42 Å². The normalized spacial score (nSPS) is 18.2. The van der Waals surface area contributed by atoms with Crippen LogP contribution in [0, 0.1) is 0 Å². The number of hydrogen-bond acceptors (Lipinski definition) is 3. The first-order chi connectivity index (χ1) is 9.20. The lowest BCUT2D eigenvalue weighted by Crippen LogP contribution is -2.38. The maximum Gasteiger partial charge on any atom is 0.142 e. The second kappa shape index (κ2) is 6.80. The fourth-order valence-corrected chi connectivity index (χ4v) is 2.84. The molecular weight excluding hydrogens is 236 g/mol. The molecule has 1 unspecified atom stereocenters. The van der Waals surface area contributed by atoms with E-state index < -0.39 is 0 Å². The van der Waals surface area contributed by atoms with Crippen LogP contribution < -0.4 is 10.5 Å². The fourth-order valence-electron chi connectivity index (χ4n) is 2.84. The van der Waals surface area contributed by atoms with Gasteiger partial charge < -0.3 is 15.4 Å². The van der Waals surface area contributed by atoms with E-state index in [0.29, 0.717) is 12.6 Å². The van der Waals surface area contributed by atoms with Gasteiger partial charge in [-0.15, -0.1) is 0 Å². The van der Waals surface area contributed by atoms with Crippen LogP contribution in [0.5, 0.6) is 5.75 Å². The molecule has 3 heteroatoms. The van der Waals surface area contributed by atoms with E-state index in [1.54, 1.807) is 0 Å². The maximum absolute atomic E-state index is 6.02. The molecule has 0 radical (unpaired) electrons. The SMILES string of the molecule is CCOc1ccc(CC(C)N2CCCCC2)cc1N. The molecule has 1 fully saturated rings. The van der Waals surface area contributed by atoms with Gasteiger partial charge in [0.05, 0.1) is 12.3 Å². The third-order valence-electron chi connectivity index (χ3n) is 3.92. The number of anilines is 1. The first kappa shape index (κ1) is 14.2. The lowest BCUT2D eigenvalue weighted by atomic mass is 10.0. The third kappa shape index (κ3) is 3.87. The fraction of sp³-hybridized carbons (Fsp3) is 0.625. The molecule has 2 rings (SSSR count). The quantitative estimate of drug-likeness (QED) is 0.829. The second-order valence-corrected chi connectivity index (χ2v) is 5.45. The van der Waals surface area contributed by atoms with Crippen LogP contribution in [0.4, 0.5) is 5.69 Å². The Morgan fingerprint density at radius 1 is 1.26 bits per heavy atom. The Balaban J connectivity index is 1.96. The highest BCUT2D eigenvalue weighted by atomic mass is 16.5. The second-order valence-electron chi connectivity index (χ2n) is 5.45. The van der Waals surface area contributed by atoms with Crippen molar-refractivity contribution in [3.05, 3.63) is 23.8 Å². The Hall–Kier alpha value is -1.22. The molecule has 0 bridgehead atoms. The van der Waals surface area contributed by atoms with Crippen molar-refractivity contribution < 1.29 is 4.74 Å². The highest BCUT2D eigenvalue weighted by molar-refractivity contribution is 5.54. The molecule has 0 aromatic heterocycles. The molecule has 0 amide bonds. The smallest absolute Gasteiger partial charge is 0.142 e. The molecule has 0 spiro atoms. The van der Waals surface area contributed by atoms with Gasteiger partial charge >= 0.3 is 0 Å². The average Bonchev–Trinajstić information content (AvgIpc) is 2.43. The number of likely N-dealkylation sites (tertiary alicyclic amines) is 1. The number of piperidine rings is 1. The number of benzene rings is 1. The van der Waals surface area contributed by atoms with E-state index in [-0.39, 0.29) is 0 Å². The summed E-state index contributed by atoms with van der Waals surface area (Å²) >= 11 is 0. The molecule has 1 atom stereocenters. The van der Waals surface area contributed by atoms with E-state index >= 15 is 0 Å². The van der Waals surface area contributed by atoms with Gasteiger partial charge in [0.15, 0.2) is 0 Å². The van der Waals surface area contributed by atoms with E-state index in [2.05, 4.69) is 24.0 Å². The van der Waals surface area contributed by atoms with E-state index in [1.807, 2.05) is 13.0 Å². The zero-order valence-corrected chi connectivity index (χ0v) is 12.2. The molecule has 1 aromatic rings. The molecular formula is C16H26N2O. The number of nitrogen functional groups attached to an aromatic ring is 1. The monoisotopic (exact) mass is 262 g/mol. The summed E-state index contributed by atoms with van der Waals surface area (Å²) < 4.78 is 5.48. The van der Waals surface area contributed by atoms with Gasteiger partial charge in [-0.3, -0.25) is 0 Å². The minimum Gasteiger partial charge on any atom is -0.492 e. The molecule has 1 aliphatic heterocycles. The van der Waals surface area contributed by atoms with Gasteiger partial charge in [-0.1, -0.05) is 12.5 Å². The van der Waals surface area contributed by atoms with Crippen LogP contribution in [0.2, 0.25) is 0 Å². The van der Waals surface area contributed by atoms with Gasteiger partial charge in [-0.05, 0) is 63.9 Å². The molecule has 106 valence electrons. The predicted octanol–water partition coefficient (Wildman–Crippen LogP) is 3.08. The summed E-state index contributed by atoms with van der Waals surface area (Å²) in [5.74, 6) is 0.803. The zero-order chi connectivity index (χ0) is 13.7. The summed E-state index contributed by atoms with van der Waals surface area (Å²) in [5, 5.41) is 0. The molecule has 1 saturated heterocycles. The van der Waals surface area contributed by atoms with Gasteiger partial charge in [0.25, 0.3) is 0 Å². The molecule has 1 heterocycles. The zero-order valence-electron chi connectivity index (χ0n) is 12.2. The summed E-state index contributed by atoms with van der Waals surface area (Å²) in [7, 11) is 0. The minimum atomic E-state index is 0.595. The minimum absolute atomic E-state index is 0.595. The summed E-state index contributed by atoms with van der Waals surface area (Å²) in [6.45, 7) is 7.44. The molecule has 0 saturated carbocycles. The Bertz CT molecular complexity index is 400. The highest BCUT2D eigenvalue weighted by Crippen LogP contribution is 2.24. The van der Waals surface area contributed by atoms with Gasteiger partial charge in [-0.2, -0.15) is 0 Å². The largest absolute Gasteiger partial charge is 0.492 e. The van der Waals surface area contributed by atoms with E-state index in [1.165, 1.54) is 37.9 Å². The van der Waals surface area contributed by atoms with Crippen molar-refractivity contribution in [3.63, 3.8) is 0 Å². The Morgan fingerprint density at radius 2 is 2.00 bits per heavy atom. The molecule has 0 aliphatic carbocycles. The first-order valence-electron chi connectivity index (χ1n) is 7.46. The van der Waals surface area contributed by atoms with Crippen molar-refractivity contribution in [2.45, 2.75) is 45.6 Å². The summed E-state index contributed by atoms with van der Waals surface area (Å²) in [5.41, 5.74) is 8.08. The Labute approximate surface area is 116 Å². The van der Waals surface area contributed by atoms with Gasteiger partial charge in [-0.25, -0.2) is 0 Å². The van der Waals surface area contributed by atoms with Gasteiger partial charge in [0.2, 0.25) is 0 Å². The third-order valence-corrected chi connectivity index (χ3v) is 3.92. The molecule has 1 aromatic carbocycles. The topological polar surface area (TPSA) is 38.5 Å². The van der Waals surface area contributed by atoms with Crippen LogP contribution >= 0.6 is 0 Å². The van der Waals surface area contributed by atoms with E-state index in [0.717, 1.165) is 17.9 Å². The van der Waals surface area contributed by atoms with Crippen molar-refractivity contribution in [3.8, 4) is 5.75 Å². The van der Waals surface area contributed by atoms with Gasteiger partial charge in [0, 0.05) is 6.04 Å². The Kier molecular flexibility index (Phi) is 5.08. The van der Waals surface area contributed by atoms with Crippen LogP contribution in [0.1, 0.15) is 38.7 Å². The lowest BCUT2D eigenvalue weighted by molar-refractivity contribution is 0.173. The molecule has 1 aliphatic rings. The number of nitrogens with zero attached hydrogens (tertiary/aromatic N) is 1. The van der Waals surface area contributed by atoms with E-state index in [9.17, 15) is 0 Å². The summed E-state index contributed by atoms with van der Waals surface area (Å²) in [4.78, 5) is 2.59. The first-order valence-corrected chi connectivity index (χ1v) is 7.46. The number of hydrogen-bond donors (Lipinski definition) is 1. The van der Waals surface area contributed by atoms with Crippen molar-refractivity contribution in [2.24, 2.45) is 0 Å². The van der Waals surface area contributed by atoms with E-state index in [4.69, 9.17) is 10.5 Å². The molecule has 3 nitrogen and oxygen atoms in total. The van der Waals surface area contributed by atoms with Gasteiger partial charge in [0.1, 0.15) is 5.75 Å². The lowest BCUT2D eigenvalue weighted by Gasteiger charge is -2.32. The van der Waals surface area contributed by atoms with Crippen molar-refractivity contribution in [1.82, 2.24) is 4.90 Å². The summed E-state index contributed by atoms with van der Waals surface area (Å²) in [6.07, 6.45) is 5.14. The van der Waals surface area contributed by atoms with Crippen molar-refractivity contribution in [1.29, 1.82) is 0 Å². The average molecular weight is 262 g/mol. The van der Waals surface area contributed by atoms with Crippen LogP contribution in [0.3, 0.4) is 0 Å². The van der Waals surface area contributed by atoms with Crippen molar-refractivity contribution >= 4 is 5.69 Å².